The maximum atomic E-state index is 13.2. The van der Waals surface area contributed by atoms with Crippen LogP contribution in [0.4, 0.5) is 0 Å². The number of rotatable bonds is 5. The van der Waals surface area contributed by atoms with Crippen molar-refractivity contribution in [2.45, 2.75) is 24.4 Å². The van der Waals surface area contributed by atoms with Crippen LogP contribution in [0.3, 0.4) is 0 Å². The van der Waals surface area contributed by atoms with Crippen LogP contribution in [-0.2, 0) is 12.3 Å². The van der Waals surface area contributed by atoms with Crippen molar-refractivity contribution < 1.29 is 0 Å². The second kappa shape index (κ2) is 8.21. The van der Waals surface area contributed by atoms with Gasteiger partial charge in [0.05, 0.1) is 17.4 Å². The topological polar surface area (TPSA) is 34.9 Å². The van der Waals surface area contributed by atoms with Crippen LogP contribution in [0.15, 0.2) is 82.7 Å². The minimum atomic E-state index is -0.0442. The monoisotopic (exact) mass is 406 g/mol. The van der Waals surface area contributed by atoms with E-state index in [0.29, 0.717) is 22.1 Å². The van der Waals surface area contributed by atoms with Gasteiger partial charge in [-0.2, -0.15) is 0 Å². The zero-order valence-corrected chi connectivity index (χ0v) is 17.0. The van der Waals surface area contributed by atoms with Gasteiger partial charge in [0.25, 0.3) is 5.56 Å². The van der Waals surface area contributed by atoms with Gasteiger partial charge in [-0.3, -0.25) is 9.36 Å². The van der Waals surface area contributed by atoms with Gasteiger partial charge in [0.2, 0.25) is 0 Å². The summed E-state index contributed by atoms with van der Waals surface area (Å²) in [6.07, 6.45) is 0. The first-order chi connectivity index (χ1) is 13.6. The molecule has 0 atom stereocenters. The van der Waals surface area contributed by atoms with Gasteiger partial charge in [-0.15, -0.1) is 0 Å². The summed E-state index contributed by atoms with van der Waals surface area (Å²) in [7, 11) is 0. The van der Waals surface area contributed by atoms with Crippen LogP contribution in [0.2, 0.25) is 5.02 Å². The maximum absolute atomic E-state index is 13.2. The third kappa shape index (κ3) is 3.98. The number of aryl methyl sites for hydroxylation is 1. The van der Waals surface area contributed by atoms with E-state index in [1.807, 2.05) is 48.5 Å². The Kier molecular flexibility index (Phi) is 5.51. The number of para-hydroxylation sites is 1. The van der Waals surface area contributed by atoms with E-state index < -0.39 is 0 Å². The van der Waals surface area contributed by atoms with Crippen LogP contribution in [-0.4, -0.2) is 9.55 Å². The lowest BCUT2D eigenvalue weighted by molar-refractivity contribution is 0.658. The first-order valence-electron chi connectivity index (χ1n) is 9.03. The molecule has 0 saturated carbocycles. The Morgan fingerprint density at radius 3 is 2.61 bits per heavy atom. The molecule has 0 aliphatic carbocycles. The molecule has 0 aliphatic rings. The van der Waals surface area contributed by atoms with Gasteiger partial charge in [-0.1, -0.05) is 83.5 Å². The Morgan fingerprint density at radius 2 is 1.79 bits per heavy atom. The number of aromatic nitrogens is 2. The Balaban J connectivity index is 1.77. The van der Waals surface area contributed by atoms with E-state index in [4.69, 9.17) is 16.6 Å². The molecule has 3 nitrogen and oxygen atoms in total. The van der Waals surface area contributed by atoms with Crippen LogP contribution in [0.1, 0.15) is 16.7 Å². The fourth-order valence-electron chi connectivity index (χ4n) is 3.14. The van der Waals surface area contributed by atoms with Gasteiger partial charge in [0.1, 0.15) is 0 Å². The minimum absolute atomic E-state index is 0.0442. The predicted octanol–water partition coefficient (Wildman–Crippen LogP) is 5.70. The molecule has 3 aromatic carbocycles. The molecule has 1 aromatic heterocycles. The van der Waals surface area contributed by atoms with Crippen molar-refractivity contribution in [3.05, 3.63) is 105 Å². The molecular weight excluding hydrogens is 388 g/mol. The molecule has 0 bridgehead atoms. The molecule has 4 rings (SSSR count). The Labute approximate surface area is 173 Å². The normalized spacial score (nSPS) is 11.1. The third-order valence-electron chi connectivity index (χ3n) is 4.56. The summed E-state index contributed by atoms with van der Waals surface area (Å²) < 4.78 is 1.73. The van der Waals surface area contributed by atoms with Crippen LogP contribution >= 0.6 is 23.4 Å². The van der Waals surface area contributed by atoms with Gasteiger partial charge < -0.3 is 0 Å². The summed E-state index contributed by atoms with van der Waals surface area (Å²) in [6, 6.07) is 23.5. The number of hydrogen-bond acceptors (Lipinski definition) is 3. The average molecular weight is 407 g/mol. The Bertz CT molecular complexity index is 1200. The van der Waals surface area contributed by atoms with Crippen LogP contribution in [0.25, 0.3) is 10.9 Å². The molecular formula is C23H19ClN2OS. The van der Waals surface area contributed by atoms with Gasteiger partial charge in [-0.25, -0.2) is 4.98 Å². The molecule has 0 radical (unpaired) electrons. The lowest BCUT2D eigenvalue weighted by Crippen LogP contribution is -2.24. The summed E-state index contributed by atoms with van der Waals surface area (Å²) in [5.74, 6) is 0.745. The second-order valence-corrected chi connectivity index (χ2v) is 8.02. The Hall–Kier alpha value is -2.56. The van der Waals surface area contributed by atoms with E-state index >= 15 is 0 Å². The average Bonchev–Trinajstić information content (AvgIpc) is 2.70. The number of fused-ring (bicyclic) bond motifs is 1. The molecule has 0 amide bonds. The highest BCUT2D eigenvalue weighted by Crippen LogP contribution is 2.24. The highest BCUT2D eigenvalue weighted by Gasteiger charge is 2.13. The van der Waals surface area contributed by atoms with Crippen molar-refractivity contribution >= 4 is 34.3 Å². The third-order valence-corrected chi connectivity index (χ3v) is 5.98. The smallest absolute Gasteiger partial charge is 0.262 e. The molecule has 5 heteroatoms. The van der Waals surface area contributed by atoms with Gasteiger partial charge >= 0.3 is 0 Å². The van der Waals surface area contributed by atoms with Crippen molar-refractivity contribution in [2.24, 2.45) is 0 Å². The number of halogens is 1. The first-order valence-corrected chi connectivity index (χ1v) is 10.4. The molecule has 4 aromatic rings. The summed E-state index contributed by atoms with van der Waals surface area (Å²) in [5, 5.41) is 1.97. The quantitative estimate of drug-likeness (QED) is 0.315. The molecule has 1 heterocycles. The fourth-order valence-corrected chi connectivity index (χ4v) is 4.28. The van der Waals surface area contributed by atoms with Crippen LogP contribution in [0.5, 0.6) is 0 Å². The number of thioether (sulfide) groups is 1. The summed E-state index contributed by atoms with van der Waals surface area (Å²) >= 11 is 7.92. The van der Waals surface area contributed by atoms with E-state index in [1.54, 1.807) is 16.3 Å². The summed E-state index contributed by atoms with van der Waals surface area (Å²) in [5.41, 5.74) is 4.00. The van der Waals surface area contributed by atoms with Gasteiger partial charge in [-0.05, 0) is 36.2 Å². The zero-order chi connectivity index (χ0) is 19.5. The van der Waals surface area contributed by atoms with Crippen LogP contribution < -0.4 is 5.56 Å². The first kappa shape index (κ1) is 18.8. The van der Waals surface area contributed by atoms with Crippen molar-refractivity contribution in [3.63, 3.8) is 0 Å². The lowest BCUT2D eigenvalue weighted by atomic mass is 10.2. The zero-order valence-electron chi connectivity index (χ0n) is 15.4. The molecule has 0 N–H and O–H groups in total. The van der Waals surface area contributed by atoms with Crippen molar-refractivity contribution in [2.75, 3.05) is 0 Å². The standard InChI is InChI=1S/C23H19ClN2OS/c1-16-7-6-8-17(13-16)15-28-23-25-21-12-5-3-10-19(21)22(27)26(23)14-18-9-2-4-11-20(18)24/h2-13H,14-15H2,1H3. The van der Waals surface area contributed by atoms with Gasteiger partial charge in [0, 0.05) is 10.8 Å². The minimum Gasteiger partial charge on any atom is -0.283 e. The molecule has 0 aliphatic heterocycles. The van der Waals surface area contributed by atoms with Crippen molar-refractivity contribution in [1.82, 2.24) is 9.55 Å². The van der Waals surface area contributed by atoms with Crippen molar-refractivity contribution in [1.29, 1.82) is 0 Å². The Morgan fingerprint density at radius 1 is 1.00 bits per heavy atom. The number of benzene rings is 3. The highest BCUT2D eigenvalue weighted by atomic mass is 35.5. The second-order valence-electron chi connectivity index (χ2n) is 6.67. The van der Waals surface area contributed by atoms with Crippen molar-refractivity contribution in [3.8, 4) is 0 Å². The summed E-state index contributed by atoms with van der Waals surface area (Å²) in [6.45, 7) is 2.47. The molecule has 0 fully saturated rings. The molecule has 0 spiro atoms. The fraction of sp³-hybridized carbons (Fsp3) is 0.130. The predicted molar refractivity (Wildman–Crippen MR) is 117 cm³/mol. The SMILES string of the molecule is Cc1cccc(CSc2nc3ccccc3c(=O)n2Cc2ccccc2Cl)c1. The van der Waals surface area contributed by atoms with E-state index in [0.717, 1.165) is 16.8 Å². The highest BCUT2D eigenvalue weighted by molar-refractivity contribution is 7.98. The molecule has 0 unspecified atom stereocenters. The van der Waals surface area contributed by atoms with Gasteiger partial charge in [0.15, 0.2) is 5.16 Å². The molecule has 28 heavy (non-hydrogen) atoms. The van der Waals surface area contributed by atoms with Crippen LogP contribution in [0, 0.1) is 6.92 Å². The number of hydrogen-bond donors (Lipinski definition) is 0. The van der Waals surface area contributed by atoms with E-state index in [1.165, 1.54) is 11.1 Å². The largest absolute Gasteiger partial charge is 0.283 e. The van der Waals surface area contributed by atoms with E-state index in [2.05, 4.69) is 31.2 Å². The summed E-state index contributed by atoms with van der Waals surface area (Å²) in [4.78, 5) is 18.0. The lowest BCUT2D eigenvalue weighted by Gasteiger charge is -2.14. The number of nitrogens with zero attached hydrogens (tertiary/aromatic N) is 2. The molecule has 0 saturated heterocycles. The van der Waals surface area contributed by atoms with E-state index in [9.17, 15) is 4.79 Å². The maximum Gasteiger partial charge on any atom is 0.262 e. The molecule has 140 valence electrons. The van der Waals surface area contributed by atoms with E-state index in [-0.39, 0.29) is 5.56 Å².